The standard InChI is InChI=1S/C24H13N3/c25-14-16-11-17(15-26)13-19(12-16)27-23-8-4-3-7-21(23)22-10-9-18-5-1-2-6-20(18)24(22)27/h1-13H. The van der Waals surface area contributed by atoms with Crippen molar-refractivity contribution in [1.82, 2.24) is 4.57 Å². The van der Waals surface area contributed by atoms with Crippen molar-refractivity contribution >= 4 is 32.6 Å². The molecule has 124 valence electrons. The predicted molar refractivity (Wildman–Crippen MR) is 108 cm³/mol. The first-order chi connectivity index (χ1) is 13.3. The second-order valence-corrected chi connectivity index (χ2v) is 6.53. The number of hydrogen-bond donors (Lipinski definition) is 0. The molecule has 0 fully saturated rings. The van der Waals surface area contributed by atoms with Crippen LogP contribution in [0.3, 0.4) is 0 Å². The fourth-order valence-electron chi connectivity index (χ4n) is 3.87. The lowest BCUT2D eigenvalue weighted by atomic mass is 10.1. The Balaban J connectivity index is 2.04. The molecule has 0 aliphatic carbocycles. The summed E-state index contributed by atoms with van der Waals surface area (Å²) in [7, 11) is 0. The largest absolute Gasteiger partial charge is 0.309 e. The van der Waals surface area contributed by atoms with Gasteiger partial charge in [-0.3, -0.25) is 0 Å². The number of fused-ring (bicyclic) bond motifs is 5. The lowest BCUT2D eigenvalue weighted by Crippen LogP contribution is -1.96. The van der Waals surface area contributed by atoms with Crippen molar-refractivity contribution in [2.75, 3.05) is 0 Å². The van der Waals surface area contributed by atoms with E-state index in [4.69, 9.17) is 0 Å². The molecule has 0 bridgehead atoms. The van der Waals surface area contributed by atoms with Gasteiger partial charge in [0.2, 0.25) is 0 Å². The summed E-state index contributed by atoms with van der Waals surface area (Å²) < 4.78 is 2.16. The first-order valence-corrected chi connectivity index (χ1v) is 8.67. The maximum absolute atomic E-state index is 9.41. The van der Waals surface area contributed by atoms with Crippen molar-refractivity contribution in [3.63, 3.8) is 0 Å². The monoisotopic (exact) mass is 343 g/mol. The smallest absolute Gasteiger partial charge is 0.0992 e. The molecule has 0 aliphatic rings. The highest BCUT2D eigenvalue weighted by atomic mass is 15.0. The van der Waals surface area contributed by atoms with Gasteiger partial charge in [-0.2, -0.15) is 10.5 Å². The van der Waals surface area contributed by atoms with Gasteiger partial charge in [0.25, 0.3) is 0 Å². The fraction of sp³-hybridized carbons (Fsp3) is 0. The van der Waals surface area contributed by atoms with Crippen LogP contribution >= 0.6 is 0 Å². The number of benzene rings is 4. The van der Waals surface area contributed by atoms with Crippen LogP contribution in [0.2, 0.25) is 0 Å². The van der Waals surface area contributed by atoms with Gasteiger partial charge in [0.05, 0.1) is 34.3 Å². The summed E-state index contributed by atoms with van der Waals surface area (Å²) in [6.45, 7) is 0. The van der Waals surface area contributed by atoms with Gasteiger partial charge in [-0.05, 0) is 29.7 Å². The summed E-state index contributed by atoms with van der Waals surface area (Å²) in [5, 5.41) is 23.4. The van der Waals surface area contributed by atoms with Gasteiger partial charge in [-0.15, -0.1) is 0 Å². The summed E-state index contributed by atoms with van der Waals surface area (Å²) in [6.07, 6.45) is 0. The molecule has 3 heteroatoms. The number of hydrogen-bond acceptors (Lipinski definition) is 2. The molecule has 0 amide bonds. The van der Waals surface area contributed by atoms with Gasteiger partial charge in [0.1, 0.15) is 0 Å². The van der Waals surface area contributed by atoms with E-state index in [1.807, 2.05) is 36.4 Å². The Morgan fingerprint density at radius 1 is 0.630 bits per heavy atom. The number of nitrogens with zero attached hydrogens (tertiary/aromatic N) is 3. The topological polar surface area (TPSA) is 52.5 Å². The molecular formula is C24H13N3. The molecule has 4 aromatic carbocycles. The molecule has 0 radical (unpaired) electrons. The maximum atomic E-state index is 9.41. The molecule has 0 aliphatic heterocycles. The van der Waals surface area contributed by atoms with Crippen molar-refractivity contribution in [3.8, 4) is 17.8 Å². The van der Waals surface area contributed by atoms with E-state index in [2.05, 4.69) is 53.1 Å². The van der Waals surface area contributed by atoms with E-state index >= 15 is 0 Å². The molecule has 0 unspecified atom stereocenters. The first kappa shape index (κ1) is 15.2. The van der Waals surface area contributed by atoms with Gasteiger partial charge in [0.15, 0.2) is 0 Å². The highest BCUT2D eigenvalue weighted by Crippen LogP contribution is 2.36. The van der Waals surface area contributed by atoms with Crippen LogP contribution in [0.15, 0.2) is 78.9 Å². The van der Waals surface area contributed by atoms with E-state index in [0.717, 1.165) is 38.3 Å². The second kappa shape index (κ2) is 5.73. The zero-order chi connectivity index (χ0) is 18.4. The van der Waals surface area contributed by atoms with Gasteiger partial charge in [-0.25, -0.2) is 0 Å². The summed E-state index contributed by atoms with van der Waals surface area (Å²) in [4.78, 5) is 0. The van der Waals surface area contributed by atoms with Crippen molar-refractivity contribution < 1.29 is 0 Å². The minimum absolute atomic E-state index is 0.482. The van der Waals surface area contributed by atoms with Crippen LogP contribution in [-0.4, -0.2) is 4.57 Å². The lowest BCUT2D eigenvalue weighted by Gasteiger charge is -2.10. The van der Waals surface area contributed by atoms with Crippen LogP contribution in [0.1, 0.15) is 11.1 Å². The zero-order valence-electron chi connectivity index (χ0n) is 14.3. The first-order valence-electron chi connectivity index (χ1n) is 8.67. The van der Waals surface area contributed by atoms with Crippen LogP contribution in [0.5, 0.6) is 0 Å². The number of rotatable bonds is 1. The predicted octanol–water partition coefficient (Wildman–Crippen LogP) is 5.68. The Labute approximate surface area is 155 Å². The molecule has 0 spiro atoms. The summed E-state index contributed by atoms with van der Waals surface area (Å²) >= 11 is 0. The molecule has 5 aromatic rings. The van der Waals surface area contributed by atoms with E-state index in [9.17, 15) is 10.5 Å². The van der Waals surface area contributed by atoms with E-state index in [1.165, 1.54) is 0 Å². The SMILES string of the molecule is N#Cc1cc(C#N)cc(-n2c3ccccc3c3ccc4ccccc4c32)c1. The molecule has 0 atom stereocenters. The third-order valence-corrected chi connectivity index (χ3v) is 4.99. The van der Waals surface area contributed by atoms with Crippen molar-refractivity contribution in [3.05, 3.63) is 90.0 Å². The van der Waals surface area contributed by atoms with Gasteiger partial charge >= 0.3 is 0 Å². The van der Waals surface area contributed by atoms with Gasteiger partial charge < -0.3 is 4.57 Å². The highest BCUT2D eigenvalue weighted by molar-refractivity contribution is 6.18. The molecule has 1 heterocycles. The molecule has 0 saturated heterocycles. The fourth-order valence-corrected chi connectivity index (χ4v) is 3.87. The minimum atomic E-state index is 0.482. The zero-order valence-corrected chi connectivity index (χ0v) is 14.3. The van der Waals surface area contributed by atoms with E-state index in [1.54, 1.807) is 6.07 Å². The van der Waals surface area contributed by atoms with Crippen LogP contribution < -0.4 is 0 Å². The van der Waals surface area contributed by atoms with E-state index < -0.39 is 0 Å². The Kier molecular flexibility index (Phi) is 3.22. The van der Waals surface area contributed by atoms with Crippen molar-refractivity contribution in [2.45, 2.75) is 0 Å². The Morgan fingerprint density at radius 3 is 2.04 bits per heavy atom. The number of para-hydroxylation sites is 1. The van der Waals surface area contributed by atoms with Crippen LogP contribution in [0.4, 0.5) is 0 Å². The van der Waals surface area contributed by atoms with Crippen LogP contribution in [-0.2, 0) is 0 Å². The molecule has 3 nitrogen and oxygen atoms in total. The lowest BCUT2D eigenvalue weighted by molar-refractivity contribution is 1.18. The van der Waals surface area contributed by atoms with Gasteiger partial charge in [0, 0.05) is 21.8 Å². The van der Waals surface area contributed by atoms with Crippen LogP contribution in [0.25, 0.3) is 38.3 Å². The normalized spacial score (nSPS) is 10.9. The minimum Gasteiger partial charge on any atom is -0.309 e. The second-order valence-electron chi connectivity index (χ2n) is 6.53. The third kappa shape index (κ3) is 2.20. The third-order valence-electron chi connectivity index (χ3n) is 4.99. The Morgan fingerprint density at radius 2 is 1.30 bits per heavy atom. The number of nitriles is 2. The average molecular weight is 343 g/mol. The maximum Gasteiger partial charge on any atom is 0.0992 e. The average Bonchev–Trinajstić information content (AvgIpc) is 3.08. The Bertz CT molecular complexity index is 1410. The molecule has 0 saturated carbocycles. The summed E-state index contributed by atoms with van der Waals surface area (Å²) in [6, 6.07) is 30.5. The molecule has 27 heavy (non-hydrogen) atoms. The van der Waals surface area contributed by atoms with Gasteiger partial charge in [-0.1, -0.05) is 54.6 Å². The number of aromatic nitrogens is 1. The van der Waals surface area contributed by atoms with E-state index in [-0.39, 0.29) is 0 Å². The molecular weight excluding hydrogens is 330 g/mol. The van der Waals surface area contributed by atoms with Crippen LogP contribution in [0, 0.1) is 22.7 Å². The van der Waals surface area contributed by atoms with Crippen molar-refractivity contribution in [2.24, 2.45) is 0 Å². The Hall–Kier alpha value is -4.08. The van der Waals surface area contributed by atoms with E-state index in [0.29, 0.717) is 11.1 Å². The summed E-state index contributed by atoms with van der Waals surface area (Å²) in [5.74, 6) is 0. The molecule has 0 N–H and O–H groups in total. The highest BCUT2D eigenvalue weighted by Gasteiger charge is 2.15. The quantitative estimate of drug-likeness (QED) is 0.393. The summed E-state index contributed by atoms with van der Waals surface area (Å²) in [5.41, 5.74) is 3.94. The molecule has 1 aromatic heterocycles. The molecule has 5 rings (SSSR count). The van der Waals surface area contributed by atoms with Crippen molar-refractivity contribution in [1.29, 1.82) is 10.5 Å².